The van der Waals surface area contributed by atoms with Crippen molar-refractivity contribution in [1.29, 1.82) is 0 Å². The maximum Gasteiger partial charge on any atom is 0.393 e. The van der Waals surface area contributed by atoms with Crippen LogP contribution in [0.1, 0.15) is 11.5 Å². The highest BCUT2D eigenvalue weighted by atomic mass is 16.6. The van der Waals surface area contributed by atoms with E-state index in [1.54, 1.807) is 7.05 Å². The summed E-state index contributed by atoms with van der Waals surface area (Å²) in [5.41, 5.74) is 1.25. The lowest BCUT2D eigenvalue weighted by molar-refractivity contribution is -0.388. The first-order chi connectivity index (χ1) is 10.1. The van der Waals surface area contributed by atoms with Gasteiger partial charge in [0, 0.05) is 7.05 Å². The van der Waals surface area contributed by atoms with Gasteiger partial charge in [-0.2, -0.15) is 4.98 Å². The second-order valence-electron chi connectivity index (χ2n) is 4.46. The molecule has 0 saturated heterocycles. The predicted octanol–water partition coefficient (Wildman–Crippen LogP) is 1.97. The summed E-state index contributed by atoms with van der Waals surface area (Å²) in [6, 6.07) is 9.63. The van der Waals surface area contributed by atoms with Crippen LogP contribution in [0, 0.1) is 10.1 Å². The van der Waals surface area contributed by atoms with E-state index >= 15 is 0 Å². The van der Waals surface area contributed by atoms with Crippen LogP contribution in [0.25, 0.3) is 11.5 Å². The van der Waals surface area contributed by atoms with E-state index in [9.17, 15) is 10.1 Å². The van der Waals surface area contributed by atoms with E-state index in [4.69, 9.17) is 4.52 Å². The Morgan fingerprint density at radius 3 is 2.81 bits per heavy atom. The number of rotatable bonds is 4. The fourth-order valence-electron chi connectivity index (χ4n) is 2.00. The molecule has 0 radical (unpaired) electrons. The Labute approximate surface area is 119 Å². The smallest absolute Gasteiger partial charge is 0.358 e. The lowest BCUT2D eigenvalue weighted by Gasteiger charge is -1.95. The lowest BCUT2D eigenvalue weighted by atomic mass is 10.1. The molecule has 0 aliphatic heterocycles. The molecule has 0 amide bonds. The number of nitrogens with zero attached hydrogens (tertiary/aromatic N) is 5. The molecule has 0 aliphatic carbocycles. The molecule has 2 aromatic heterocycles. The number of imidazole rings is 1. The van der Waals surface area contributed by atoms with Crippen molar-refractivity contribution in [2.45, 2.75) is 6.42 Å². The van der Waals surface area contributed by atoms with E-state index in [-0.39, 0.29) is 17.3 Å². The zero-order chi connectivity index (χ0) is 14.8. The largest absolute Gasteiger partial charge is 0.393 e. The molecule has 0 spiro atoms. The van der Waals surface area contributed by atoms with Gasteiger partial charge >= 0.3 is 5.82 Å². The normalized spacial score (nSPS) is 10.7. The summed E-state index contributed by atoms with van der Waals surface area (Å²) in [7, 11) is 1.64. The Morgan fingerprint density at radius 1 is 1.33 bits per heavy atom. The van der Waals surface area contributed by atoms with Crippen molar-refractivity contribution in [3.8, 4) is 11.5 Å². The Hall–Kier alpha value is -3.03. The summed E-state index contributed by atoms with van der Waals surface area (Å²) in [5, 5.41) is 14.8. The molecule has 0 aliphatic rings. The van der Waals surface area contributed by atoms with E-state index in [1.165, 1.54) is 10.9 Å². The van der Waals surface area contributed by atoms with Gasteiger partial charge in [0.25, 0.3) is 0 Å². The molecule has 8 heteroatoms. The third-order valence-corrected chi connectivity index (χ3v) is 2.97. The minimum atomic E-state index is -0.567. The summed E-state index contributed by atoms with van der Waals surface area (Å²) >= 11 is 0. The first-order valence-corrected chi connectivity index (χ1v) is 6.17. The van der Waals surface area contributed by atoms with Crippen molar-refractivity contribution in [3.63, 3.8) is 0 Å². The van der Waals surface area contributed by atoms with Crippen LogP contribution in [0.5, 0.6) is 0 Å². The van der Waals surface area contributed by atoms with Crippen LogP contribution in [-0.4, -0.2) is 24.6 Å². The van der Waals surface area contributed by atoms with Gasteiger partial charge in [-0.25, -0.2) is 0 Å². The topological polar surface area (TPSA) is 99.9 Å². The standard InChI is InChI=1S/C13H11N5O3/c1-17-8-14-13(18(19)20)11(17)12-15-10(21-16-12)7-9-5-3-2-4-6-9/h2-6,8H,7H2,1H3. The highest BCUT2D eigenvalue weighted by molar-refractivity contribution is 5.60. The number of aryl methyl sites for hydroxylation is 1. The van der Waals surface area contributed by atoms with Crippen LogP contribution in [0.2, 0.25) is 0 Å². The predicted molar refractivity (Wildman–Crippen MR) is 72.4 cm³/mol. The third-order valence-electron chi connectivity index (χ3n) is 2.97. The maximum atomic E-state index is 10.9. The van der Waals surface area contributed by atoms with Crippen molar-refractivity contribution >= 4 is 5.82 Å². The number of nitro groups is 1. The minimum absolute atomic E-state index is 0.160. The zero-order valence-corrected chi connectivity index (χ0v) is 11.1. The van der Waals surface area contributed by atoms with Crippen molar-refractivity contribution < 1.29 is 9.45 Å². The van der Waals surface area contributed by atoms with E-state index in [1.807, 2.05) is 30.3 Å². The molecule has 1 aromatic carbocycles. The minimum Gasteiger partial charge on any atom is -0.358 e. The third kappa shape index (κ3) is 2.50. The first-order valence-electron chi connectivity index (χ1n) is 6.17. The molecule has 0 saturated carbocycles. The Balaban J connectivity index is 1.92. The lowest BCUT2D eigenvalue weighted by Crippen LogP contribution is -1.97. The van der Waals surface area contributed by atoms with Crippen molar-refractivity contribution in [1.82, 2.24) is 19.7 Å². The molecular formula is C13H11N5O3. The molecule has 21 heavy (non-hydrogen) atoms. The molecular weight excluding hydrogens is 274 g/mol. The quantitative estimate of drug-likeness (QED) is 0.536. The molecule has 3 aromatic rings. The van der Waals surface area contributed by atoms with Crippen LogP contribution in [0.4, 0.5) is 5.82 Å². The highest BCUT2D eigenvalue weighted by Crippen LogP contribution is 2.25. The first kappa shape index (κ1) is 13.0. The Morgan fingerprint density at radius 2 is 2.10 bits per heavy atom. The van der Waals surface area contributed by atoms with Crippen molar-refractivity contribution in [2.75, 3.05) is 0 Å². The Kier molecular flexibility index (Phi) is 3.19. The number of benzene rings is 1. The number of hydrogen-bond acceptors (Lipinski definition) is 6. The second-order valence-corrected chi connectivity index (χ2v) is 4.46. The van der Waals surface area contributed by atoms with Crippen molar-refractivity contribution in [2.24, 2.45) is 7.05 Å². The molecule has 0 unspecified atom stereocenters. The van der Waals surface area contributed by atoms with Crippen LogP contribution in [-0.2, 0) is 13.5 Å². The van der Waals surface area contributed by atoms with Crippen molar-refractivity contribution in [3.05, 3.63) is 58.2 Å². The van der Waals surface area contributed by atoms with Crippen LogP contribution >= 0.6 is 0 Å². The van der Waals surface area contributed by atoms with Gasteiger partial charge in [-0.1, -0.05) is 35.5 Å². The summed E-state index contributed by atoms with van der Waals surface area (Å²) in [5.74, 6) is 0.267. The van der Waals surface area contributed by atoms with Gasteiger partial charge in [0.15, 0.2) is 5.69 Å². The van der Waals surface area contributed by atoms with Gasteiger partial charge in [0.05, 0.1) is 6.42 Å². The highest BCUT2D eigenvalue weighted by Gasteiger charge is 2.25. The molecule has 106 valence electrons. The second kappa shape index (κ2) is 5.16. The molecule has 2 heterocycles. The molecule has 0 fully saturated rings. The Bertz CT molecular complexity index is 778. The summed E-state index contributed by atoms with van der Waals surface area (Å²) in [4.78, 5) is 18.3. The fourth-order valence-corrected chi connectivity index (χ4v) is 2.00. The van der Waals surface area contributed by atoms with Crippen LogP contribution in [0.15, 0.2) is 41.2 Å². The molecule has 0 N–H and O–H groups in total. The fraction of sp³-hybridized carbons (Fsp3) is 0.154. The summed E-state index contributed by atoms with van der Waals surface area (Å²) < 4.78 is 6.65. The summed E-state index contributed by atoms with van der Waals surface area (Å²) in [6.07, 6.45) is 1.82. The molecule has 0 bridgehead atoms. The van der Waals surface area contributed by atoms with E-state index < -0.39 is 4.92 Å². The average molecular weight is 285 g/mol. The average Bonchev–Trinajstić information content (AvgIpc) is 3.06. The molecule has 8 nitrogen and oxygen atoms in total. The molecule has 0 atom stereocenters. The summed E-state index contributed by atoms with van der Waals surface area (Å²) in [6.45, 7) is 0. The maximum absolute atomic E-state index is 10.9. The van der Waals surface area contributed by atoms with Gasteiger partial charge in [-0.3, -0.25) is 0 Å². The molecule has 3 rings (SSSR count). The van der Waals surface area contributed by atoms with E-state index in [2.05, 4.69) is 15.1 Å². The monoisotopic (exact) mass is 285 g/mol. The van der Waals surface area contributed by atoms with Gasteiger partial charge in [-0.15, -0.1) is 0 Å². The van der Waals surface area contributed by atoms with Crippen LogP contribution < -0.4 is 0 Å². The van der Waals surface area contributed by atoms with Gasteiger partial charge in [0.2, 0.25) is 18.0 Å². The number of aromatic nitrogens is 4. The van der Waals surface area contributed by atoms with E-state index in [0.29, 0.717) is 12.3 Å². The van der Waals surface area contributed by atoms with E-state index in [0.717, 1.165) is 5.56 Å². The van der Waals surface area contributed by atoms with Gasteiger partial charge < -0.3 is 19.2 Å². The van der Waals surface area contributed by atoms with Crippen LogP contribution in [0.3, 0.4) is 0 Å². The number of hydrogen-bond donors (Lipinski definition) is 0. The van der Waals surface area contributed by atoms with Gasteiger partial charge in [0.1, 0.15) is 0 Å². The zero-order valence-electron chi connectivity index (χ0n) is 11.1. The SMILES string of the molecule is Cn1cnc([N+](=O)[O-])c1-c1noc(Cc2ccccc2)n1. The van der Waals surface area contributed by atoms with Gasteiger partial charge in [-0.05, 0) is 15.5 Å².